The van der Waals surface area contributed by atoms with Crippen LogP contribution in [0.15, 0.2) is 53.9 Å². The van der Waals surface area contributed by atoms with Crippen LogP contribution in [0.25, 0.3) is 0 Å². The van der Waals surface area contributed by atoms with Crippen molar-refractivity contribution in [1.29, 1.82) is 0 Å². The highest BCUT2D eigenvalue weighted by molar-refractivity contribution is 5.46. The highest BCUT2D eigenvalue weighted by Gasteiger charge is 2.20. The Morgan fingerprint density at radius 1 is 1.26 bits per heavy atom. The molecule has 0 aromatic carbocycles. The smallest absolute Gasteiger partial charge is 0.0308 e. The van der Waals surface area contributed by atoms with Crippen molar-refractivity contribution in [2.24, 2.45) is 0 Å². The first-order valence-electron chi connectivity index (χ1n) is 7.15. The van der Waals surface area contributed by atoms with Gasteiger partial charge in [-0.25, -0.2) is 0 Å². The summed E-state index contributed by atoms with van der Waals surface area (Å²) in [5, 5.41) is 0. The summed E-state index contributed by atoms with van der Waals surface area (Å²) in [6.07, 6.45) is 13.4. The molecule has 0 aliphatic heterocycles. The Labute approximate surface area is 117 Å². The molecule has 1 aromatic rings. The molecule has 1 aromatic heterocycles. The molecule has 0 fully saturated rings. The van der Waals surface area contributed by atoms with Crippen molar-refractivity contribution in [2.75, 3.05) is 0 Å². The first kappa shape index (κ1) is 15.4. The highest BCUT2D eigenvalue weighted by Crippen LogP contribution is 2.35. The monoisotopic (exact) mass is 255 g/mol. The third kappa shape index (κ3) is 3.66. The van der Waals surface area contributed by atoms with E-state index in [2.05, 4.69) is 49.2 Å². The minimum absolute atomic E-state index is 0.484. The van der Waals surface area contributed by atoms with E-state index in [9.17, 15) is 0 Å². The highest BCUT2D eigenvalue weighted by atomic mass is 14.6. The summed E-state index contributed by atoms with van der Waals surface area (Å²) in [5.41, 5.74) is 5.70. The van der Waals surface area contributed by atoms with Crippen LogP contribution >= 0.6 is 0 Å². The molecular formula is C18H25N. The molecule has 1 unspecified atom stereocenters. The Balaban J connectivity index is 0.000000861. The number of nitrogens with zero attached hydrogens (tertiary/aromatic N) is 1. The SMILES string of the molecule is C/C=C\C=C/C1=C(C)C(C)c2cnccc2C1.CC. The molecule has 102 valence electrons. The van der Waals surface area contributed by atoms with Crippen molar-refractivity contribution in [3.8, 4) is 0 Å². The lowest BCUT2D eigenvalue weighted by Gasteiger charge is -2.25. The predicted octanol–water partition coefficient (Wildman–Crippen LogP) is 5.22. The summed E-state index contributed by atoms with van der Waals surface area (Å²) in [4.78, 5) is 4.23. The largest absolute Gasteiger partial charge is 0.264 e. The van der Waals surface area contributed by atoms with Crippen LogP contribution in [0.5, 0.6) is 0 Å². The molecule has 0 amide bonds. The van der Waals surface area contributed by atoms with Gasteiger partial charge in [-0.15, -0.1) is 0 Å². The van der Waals surface area contributed by atoms with Crippen LogP contribution in [-0.4, -0.2) is 4.98 Å². The first-order valence-corrected chi connectivity index (χ1v) is 7.15. The van der Waals surface area contributed by atoms with Gasteiger partial charge in [-0.2, -0.15) is 0 Å². The molecule has 0 N–H and O–H groups in total. The molecule has 1 heterocycles. The van der Waals surface area contributed by atoms with Gasteiger partial charge in [-0.3, -0.25) is 4.98 Å². The predicted molar refractivity (Wildman–Crippen MR) is 84.4 cm³/mol. The van der Waals surface area contributed by atoms with E-state index in [1.165, 1.54) is 22.3 Å². The van der Waals surface area contributed by atoms with Crippen molar-refractivity contribution in [3.05, 3.63) is 65.0 Å². The third-order valence-electron chi connectivity index (χ3n) is 3.55. The standard InChI is InChI=1S/C16H19N.C2H6/c1-4-5-6-7-14-10-15-8-9-17-11-16(15)13(3)12(14)2;1-2/h4-9,11,13H,10H2,1-3H3;1-2H3/b5-4-,7-6-;. The maximum atomic E-state index is 4.23. The number of pyridine rings is 1. The molecule has 0 saturated carbocycles. The van der Waals surface area contributed by atoms with Crippen LogP contribution in [0, 0.1) is 0 Å². The average molecular weight is 255 g/mol. The Hall–Kier alpha value is -1.63. The normalized spacial score (nSPS) is 18.5. The van der Waals surface area contributed by atoms with Gasteiger partial charge in [-0.05, 0) is 43.0 Å². The van der Waals surface area contributed by atoms with E-state index in [-0.39, 0.29) is 0 Å². The first-order chi connectivity index (χ1) is 9.24. The minimum atomic E-state index is 0.484. The van der Waals surface area contributed by atoms with E-state index in [1.807, 2.05) is 33.2 Å². The van der Waals surface area contributed by atoms with E-state index >= 15 is 0 Å². The second-order valence-corrected chi connectivity index (χ2v) is 4.57. The zero-order valence-corrected chi connectivity index (χ0v) is 12.8. The molecule has 1 nitrogen and oxygen atoms in total. The number of hydrogen-bond acceptors (Lipinski definition) is 1. The summed E-state index contributed by atoms with van der Waals surface area (Å²) in [6.45, 7) is 10.5. The van der Waals surface area contributed by atoms with Gasteiger partial charge in [0.15, 0.2) is 0 Å². The summed E-state index contributed by atoms with van der Waals surface area (Å²) < 4.78 is 0. The number of hydrogen-bond donors (Lipinski definition) is 0. The van der Waals surface area contributed by atoms with Crippen LogP contribution in [-0.2, 0) is 6.42 Å². The molecule has 1 atom stereocenters. The molecule has 1 aliphatic rings. The van der Waals surface area contributed by atoms with Crippen molar-refractivity contribution < 1.29 is 0 Å². The van der Waals surface area contributed by atoms with E-state index in [0.29, 0.717) is 5.92 Å². The lowest BCUT2D eigenvalue weighted by Crippen LogP contribution is -2.10. The molecule has 0 saturated heterocycles. The van der Waals surface area contributed by atoms with Crippen LogP contribution in [0.1, 0.15) is 51.7 Å². The van der Waals surface area contributed by atoms with Gasteiger partial charge in [0.1, 0.15) is 0 Å². The number of rotatable bonds is 2. The van der Waals surface area contributed by atoms with Crippen LogP contribution in [0.3, 0.4) is 0 Å². The van der Waals surface area contributed by atoms with Gasteiger partial charge in [0.2, 0.25) is 0 Å². The van der Waals surface area contributed by atoms with Crippen molar-refractivity contribution in [2.45, 2.75) is 47.0 Å². The zero-order chi connectivity index (χ0) is 14.3. The average Bonchev–Trinajstić information content (AvgIpc) is 2.46. The maximum absolute atomic E-state index is 4.23. The van der Waals surface area contributed by atoms with E-state index < -0.39 is 0 Å². The lowest BCUT2D eigenvalue weighted by atomic mass is 9.80. The second-order valence-electron chi connectivity index (χ2n) is 4.57. The molecule has 2 rings (SSSR count). The lowest BCUT2D eigenvalue weighted by molar-refractivity contribution is 0.815. The van der Waals surface area contributed by atoms with Crippen molar-refractivity contribution in [3.63, 3.8) is 0 Å². The van der Waals surface area contributed by atoms with Crippen molar-refractivity contribution >= 4 is 0 Å². The fourth-order valence-corrected chi connectivity index (χ4v) is 2.32. The summed E-state index contributed by atoms with van der Waals surface area (Å²) in [5.74, 6) is 0.484. The van der Waals surface area contributed by atoms with Crippen LogP contribution < -0.4 is 0 Å². The molecule has 0 bridgehead atoms. The second kappa shape index (κ2) is 7.73. The molecule has 1 aliphatic carbocycles. The van der Waals surface area contributed by atoms with Gasteiger partial charge in [0.05, 0.1) is 0 Å². The number of fused-ring (bicyclic) bond motifs is 1. The summed E-state index contributed by atoms with van der Waals surface area (Å²) >= 11 is 0. The van der Waals surface area contributed by atoms with E-state index in [0.717, 1.165) is 6.42 Å². The Bertz CT molecular complexity index is 492. The van der Waals surface area contributed by atoms with Gasteiger partial charge in [0, 0.05) is 18.3 Å². The molecule has 1 heteroatoms. The third-order valence-corrected chi connectivity index (χ3v) is 3.55. The molecule has 0 radical (unpaired) electrons. The van der Waals surface area contributed by atoms with Gasteiger partial charge in [-0.1, -0.05) is 50.6 Å². The summed E-state index contributed by atoms with van der Waals surface area (Å²) in [6, 6.07) is 2.14. The molecule has 0 spiro atoms. The van der Waals surface area contributed by atoms with E-state index in [4.69, 9.17) is 0 Å². The van der Waals surface area contributed by atoms with E-state index in [1.54, 1.807) is 0 Å². The topological polar surface area (TPSA) is 12.9 Å². The van der Waals surface area contributed by atoms with Crippen LogP contribution in [0.4, 0.5) is 0 Å². The Morgan fingerprint density at radius 3 is 2.68 bits per heavy atom. The van der Waals surface area contributed by atoms with Crippen LogP contribution in [0.2, 0.25) is 0 Å². The zero-order valence-electron chi connectivity index (χ0n) is 12.8. The number of aromatic nitrogens is 1. The number of allylic oxidation sites excluding steroid dienone is 6. The molecule has 19 heavy (non-hydrogen) atoms. The Morgan fingerprint density at radius 2 is 2.00 bits per heavy atom. The fraction of sp³-hybridized carbons (Fsp3) is 0.389. The fourth-order valence-electron chi connectivity index (χ4n) is 2.32. The van der Waals surface area contributed by atoms with Gasteiger partial charge in [0.25, 0.3) is 0 Å². The van der Waals surface area contributed by atoms with Gasteiger partial charge >= 0.3 is 0 Å². The van der Waals surface area contributed by atoms with Crippen molar-refractivity contribution in [1.82, 2.24) is 4.98 Å². The maximum Gasteiger partial charge on any atom is 0.0308 e. The quantitative estimate of drug-likeness (QED) is 0.660. The molecular weight excluding hydrogens is 230 g/mol. The van der Waals surface area contributed by atoms with Gasteiger partial charge < -0.3 is 0 Å². The Kier molecular flexibility index (Phi) is 6.27. The summed E-state index contributed by atoms with van der Waals surface area (Å²) in [7, 11) is 0. The minimum Gasteiger partial charge on any atom is -0.264 e.